The lowest BCUT2D eigenvalue weighted by Crippen LogP contribution is -2.45. The van der Waals surface area contributed by atoms with Gasteiger partial charge in [-0.25, -0.2) is 18.1 Å². The summed E-state index contributed by atoms with van der Waals surface area (Å²) in [5.41, 5.74) is 6.10. The molecule has 3 heterocycles. The van der Waals surface area contributed by atoms with Gasteiger partial charge in [-0.2, -0.15) is 4.98 Å². The molecule has 230 valence electrons. The van der Waals surface area contributed by atoms with Crippen molar-refractivity contribution >= 4 is 21.9 Å². The average Bonchev–Trinajstić information content (AvgIpc) is 2.92. The van der Waals surface area contributed by atoms with Crippen LogP contribution in [0.5, 0.6) is 5.88 Å². The van der Waals surface area contributed by atoms with Crippen LogP contribution in [0.15, 0.2) is 65.6 Å². The smallest absolute Gasteiger partial charge is 0.264 e. The molecule has 1 amide bonds. The van der Waals surface area contributed by atoms with Crippen molar-refractivity contribution in [1.29, 1.82) is 0 Å². The average molecular weight is 614 g/mol. The number of hydrogen-bond acceptors (Lipinski definition) is 7. The Bertz CT molecular complexity index is 1790. The van der Waals surface area contributed by atoms with Crippen molar-refractivity contribution in [3.05, 3.63) is 94.3 Å². The zero-order chi connectivity index (χ0) is 31.8. The van der Waals surface area contributed by atoms with Crippen LogP contribution < -0.4 is 9.46 Å². The van der Waals surface area contributed by atoms with Gasteiger partial charge in [-0.05, 0) is 86.6 Å². The predicted octanol–water partition coefficient (Wildman–Crippen LogP) is 6.41. The van der Waals surface area contributed by atoms with Crippen molar-refractivity contribution in [2.45, 2.75) is 72.4 Å². The Hall–Kier alpha value is -4.31. The second kappa shape index (κ2) is 12.0. The summed E-state index contributed by atoms with van der Waals surface area (Å²) in [5, 5.41) is 0. The van der Waals surface area contributed by atoms with Gasteiger partial charge in [0.25, 0.3) is 15.9 Å². The van der Waals surface area contributed by atoms with Crippen molar-refractivity contribution in [3.63, 3.8) is 0 Å². The van der Waals surface area contributed by atoms with Crippen LogP contribution in [0.2, 0.25) is 0 Å². The third-order valence-corrected chi connectivity index (χ3v) is 8.84. The molecule has 0 fully saturated rings. The van der Waals surface area contributed by atoms with Gasteiger partial charge in [-0.15, -0.1) is 0 Å². The van der Waals surface area contributed by atoms with Gasteiger partial charge in [0.2, 0.25) is 11.8 Å². The summed E-state index contributed by atoms with van der Waals surface area (Å²) >= 11 is 0. The van der Waals surface area contributed by atoms with Gasteiger partial charge < -0.3 is 9.64 Å². The van der Waals surface area contributed by atoms with Gasteiger partial charge in [0.1, 0.15) is 6.61 Å². The summed E-state index contributed by atoms with van der Waals surface area (Å²) in [4.78, 5) is 29.7. The normalized spacial score (nSPS) is 16.7. The number of nitrogens with one attached hydrogen (secondary N) is 1. The molecule has 0 aliphatic carbocycles. The summed E-state index contributed by atoms with van der Waals surface area (Å²) in [7, 11) is -4.14. The zero-order valence-corrected chi connectivity index (χ0v) is 27.1. The number of hydrogen-bond donors (Lipinski definition) is 1. The first-order valence-electron chi connectivity index (χ1n) is 14.6. The SMILES string of the molecule is Cc1cc(C)nc(CN2C(=O)c3cccc(c3)S(=O)(=O)Nc3nc(cc(-c4c(C)cccc4C)n3)OC[C@H]2CC(C)(C)C)c1. The quantitative estimate of drug-likeness (QED) is 0.283. The number of aromatic nitrogens is 3. The molecule has 1 N–H and O–H groups in total. The van der Waals surface area contributed by atoms with Gasteiger partial charge in [0.05, 0.1) is 28.9 Å². The lowest BCUT2D eigenvalue weighted by molar-refractivity contribution is 0.0509. The lowest BCUT2D eigenvalue weighted by atomic mass is 9.87. The lowest BCUT2D eigenvalue weighted by Gasteiger charge is -2.35. The van der Waals surface area contributed by atoms with Crippen LogP contribution in [0, 0.1) is 33.1 Å². The number of fused-ring (bicyclic) bond motifs is 4. The molecule has 0 spiro atoms. The molecule has 0 saturated heterocycles. The van der Waals surface area contributed by atoms with Crippen molar-refractivity contribution in [2.75, 3.05) is 11.3 Å². The summed E-state index contributed by atoms with van der Waals surface area (Å²) in [6, 6.07) is 17.3. The zero-order valence-electron chi connectivity index (χ0n) is 26.3. The first-order valence-corrected chi connectivity index (χ1v) is 16.1. The molecule has 9 nitrogen and oxygen atoms in total. The number of benzene rings is 2. The second-order valence-corrected chi connectivity index (χ2v) is 14.4. The van der Waals surface area contributed by atoms with Gasteiger partial charge in [-0.3, -0.25) is 9.78 Å². The maximum atomic E-state index is 14.3. The van der Waals surface area contributed by atoms with Crippen LogP contribution in [-0.2, 0) is 16.6 Å². The van der Waals surface area contributed by atoms with Gasteiger partial charge >= 0.3 is 0 Å². The first-order chi connectivity index (χ1) is 20.7. The Morgan fingerprint density at radius 2 is 1.64 bits per heavy atom. The maximum absolute atomic E-state index is 14.3. The molecule has 1 atom stereocenters. The van der Waals surface area contributed by atoms with E-state index in [1.807, 2.05) is 58.0 Å². The van der Waals surface area contributed by atoms with E-state index in [9.17, 15) is 13.2 Å². The van der Waals surface area contributed by atoms with E-state index in [0.29, 0.717) is 12.1 Å². The van der Waals surface area contributed by atoms with Crippen LogP contribution in [0.4, 0.5) is 5.95 Å². The fourth-order valence-electron chi connectivity index (χ4n) is 5.73. The van der Waals surface area contributed by atoms with E-state index in [0.717, 1.165) is 33.6 Å². The monoisotopic (exact) mass is 613 g/mol. The summed E-state index contributed by atoms with van der Waals surface area (Å²) in [6.45, 7) is 14.6. The highest BCUT2D eigenvalue weighted by molar-refractivity contribution is 7.92. The van der Waals surface area contributed by atoms with Crippen molar-refractivity contribution in [3.8, 4) is 17.1 Å². The Morgan fingerprint density at radius 3 is 2.32 bits per heavy atom. The number of carbonyl (C=O) groups excluding carboxylic acids is 1. The first kappa shape index (κ1) is 31.1. The van der Waals surface area contributed by atoms with Crippen LogP contribution in [0.1, 0.15) is 65.6 Å². The minimum atomic E-state index is -4.14. The summed E-state index contributed by atoms with van der Waals surface area (Å²) in [5.74, 6) is -0.217. The molecule has 5 rings (SSSR count). The largest absolute Gasteiger partial charge is 0.475 e. The Morgan fingerprint density at radius 1 is 0.932 bits per heavy atom. The van der Waals surface area contributed by atoms with E-state index in [1.165, 1.54) is 12.1 Å². The molecule has 44 heavy (non-hydrogen) atoms. The maximum Gasteiger partial charge on any atom is 0.264 e. The number of aryl methyl sites for hydroxylation is 4. The standard InChI is InChI=1S/C34H39N5O4S/c1-21-14-24(4)35-26(15-21)19-39-27(18-34(5,6)7)20-43-30-17-29(31-22(2)10-8-11-23(31)3)36-33(37-30)38-44(41,42)28-13-9-12-25(16-28)32(39)40/h8-17,27H,18-20H2,1-7H3,(H,36,37,38)/t27-/m1/s1. The van der Waals surface area contributed by atoms with Crippen LogP contribution in [0.3, 0.4) is 0 Å². The van der Waals surface area contributed by atoms with Crippen molar-refractivity contribution in [1.82, 2.24) is 19.9 Å². The van der Waals surface area contributed by atoms with E-state index < -0.39 is 10.0 Å². The molecule has 0 saturated carbocycles. The number of anilines is 1. The van der Waals surface area contributed by atoms with E-state index in [2.05, 4.69) is 35.5 Å². The Balaban J connectivity index is 1.69. The molecule has 2 aromatic carbocycles. The van der Waals surface area contributed by atoms with Crippen LogP contribution in [0.25, 0.3) is 11.3 Å². The van der Waals surface area contributed by atoms with Crippen LogP contribution in [-0.4, -0.2) is 46.8 Å². The molecule has 10 heteroatoms. The molecule has 4 bridgehead atoms. The minimum Gasteiger partial charge on any atom is -0.475 e. The molecule has 2 aromatic heterocycles. The molecule has 4 aromatic rings. The molecule has 1 aliphatic heterocycles. The van der Waals surface area contributed by atoms with E-state index in [4.69, 9.17) is 9.72 Å². The highest BCUT2D eigenvalue weighted by Gasteiger charge is 2.32. The third kappa shape index (κ3) is 7.07. The highest BCUT2D eigenvalue weighted by Crippen LogP contribution is 2.31. The topological polar surface area (TPSA) is 114 Å². The third-order valence-electron chi connectivity index (χ3n) is 7.51. The van der Waals surface area contributed by atoms with Gasteiger partial charge in [0.15, 0.2) is 0 Å². The second-order valence-electron chi connectivity index (χ2n) is 12.8. The van der Waals surface area contributed by atoms with Gasteiger partial charge in [-0.1, -0.05) is 45.0 Å². The summed E-state index contributed by atoms with van der Waals surface area (Å²) in [6.07, 6.45) is 0.613. The molecular formula is C34H39N5O4S. The number of rotatable bonds is 4. The van der Waals surface area contributed by atoms with Crippen molar-refractivity contribution in [2.24, 2.45) is 5.41 Å². The highest BCUT2D eigenvalue weighted by atomic mass is 32.2. The van der Waals surface area contributed by atoms with Gasteiger partial charge in [0, 0.05) is 22.9 Å². The van der Waals surface area contributed by atoms with Crippen molar-refractivity contribution < 1.29 is 17.9 Å². The van der Waals surface area contributed by atoms with E-state index >= 15 is 0 Å². The molecule has 0 radical (unpaired) electrons. The van der Waals surface area contributed by atoms with E-state index in [-0.39, 0.29) is 52.8 Å². The van der Waals surface area contributed by atoms with Crippen LogP contribution >= 0.6 is 0 Å². The Labute approximate surface area is 259 Å². The molecule has 0 unspecified atom stereocenters. The molecular weight excluding hydrogens is 574 g/mol. The fourth-order valence-corrected chi connectivity index (χ4v) is 6.72. The Kier molecular flexibility index (Phi) is 8.49. The number of ether oxygens (including phenoxy) is 1. The van der Waals surface area contributed by atoms with E-state index in [1.54, 1.807) is 23.1 Å². The number of nitrogens with zero attached hydrogens (tertiary/aromatic N) is 4. The molecule has 1 aliphatic rings. The number of pyridine rings is 1. The number of sulfonamides is 1. The minimum absolute atomic E-state index is 0.0667. The number of amides is 1. The number of carbonyl (C=O) groups is 1. The predicted molar refractivity (Wildman–Crippen MR) is 171 cm³/mol. The summed E-state index contributed by atoms with van der Waals surface area (Å²) < 4.78 is 36.1. The fraction of sp³-hybridized carbons (Fsp3) is 0.353.